The molecule has 1 aliphatic heterocycles. The molecule has 7 nitrogen and oxygen atoms in total. The highest BCUT2D eigenvalue weighted by Gasteiger charge is 2.24. The van der Waals surface area contributed by atoms with Crippen molar-refractivity contribution in [2.75, 3.05) is 32.8 Å². The minimum Gasteiger partial charge on any atom is -0.359 e. The van der Waals surface area contributed by atoms with E-state index in [0.717, 1.165) is 29.1 Å². The van der Waals surface area contributed by atoms with Crippen LogP contribution in [0.25, 0.3) is 10.7 Å². The fourth-order valence-electron chi connectivity index (χ4n) is 4.06. The van der Waals surface area contributed by atoms with Crippen molar-refractivity contribution >= 4 is 17.2 Å². The molecule has 1 amide bonds. The Kier molecular flexibility index (Phi) is 7.09. The second-order valence-corrected chi connectivity index (χ2v) is 9.11. The molecule has 0 atom stereocenters. The van der Waals surface area contributed by atoms with E-state index in [2.05, 4.69) is 15.0 Å². The Bertz CT molecular complexity index is 1130. The first-order chi connectivity index (χ1) is 16.8. The minimum atomic E-state index is -0.275. The number of hydrogen-bond acceptors (Lipinski definition) is 7. The van der Waals surface area contributed by atoms with Crippen molar-refractivity contribution in [3.05, 3.63) is 95.2 Å². The molecule has 5 rings (SSSR count). The van der Waals surface area contributed by atoms with Crippen LogP contribution in [0.3, 0.4) is 0 Å². The molecule has 8 heteroatoms. The molecule has 34 heavy (non-hydrogen) atoms. The lowest BCUT2D eigenvalue weighted by atomic mass is 10.0. The van der Waals surface area contributed by atoms with E-state index in [1.807, 2.05) is 83.1 Å². The van der Waals surface area contributed by atoms with Gasteiger partial charge in [0.1, 0.15) is 12.7 Å². The number of rotatable bonds is 8. The smallest absolute Gasteiger partial charge is 0.248 e. The molecule has 174 valence electrons. The molecule has 0 unspecified atom stereocenters. The van der Waals surface area contributed by atoms with Crippen LogP contribution in [0.1, 0.15) is 23.1 Å². The van der Waals surface area contributed by atoms with Crippen molar-refractivity contribution < 1.29 is 14.1 Å². The number of aromatic nitrogens is 2. The number of ether oxygens (including phenoxy) is 1. The molecular weight excluding hydrogens is 448 g/mol. The summed E-state index contributed by atoms with van der Waals surface area (Å²) in [6.07, 6.45) is -0.275. The number of amides is 1. The summed E-state index contributed by atoms with van der Waals surface area (Å²) in [6.45, 7) is 3.43. The van der Waals surface area contributed by atoms with Crippen LogP contribution in [-0.4, -0.2) is 58.6 Å². The molecule has 0 saturated carbocycles. The average Bonchev–Trinajstić information content (AvgIpc) is 3.58. The normalized spacial score (nSPS) is 14.6. The van der Waals surface area contributed by atoms with E-state index in [9.17, 15) is 4.79 Å². The molecule has 4 aromatic rings. The monoisotopic (exact) mass is 474 g/mol. The summed E-state index contributed by atoms with van der Waals surface area (Å²) < 4.78 is 11.6. The van der Waals surface area contributed by atoms with Crippen molar-refractivity contribution in [3.63, 3.8) is 0 Å². The number of benzene rings is 2. The highest BCUT2D eigenvalue weighted by molar-refractivity contribution is 7.13. The zero-order valence-electron chi connectivity index (χ0n) is 18.7. The molecular formula is C26H26N4O3S. The summed E-state index contributed by atoms with van der Waals surface area (Å²) in [5.41, 5.74) is 2.07. The third kappa shape index (κ3) is 5.41. The van der Waals surface area contributed by atoms with Crippen LogP contribution in [0, 0.1) is 0 Å². The van der Waals surface area contributed by atoms with Gasteiger partial charge in [-0.25, -0.2) is 0 Å². The summed E-state index contributed by atoms with van der Waals surface area (Å²) >= 11 is 1.59. The summed E-state index contributed by atoms with van der Waals surface area (Å²) in [5.74, 6) is 1.23. The van der Waals surface area contributed by atoms with Crippen LogP contribution >= 0.6 is 11.3 Å². The lowest BCUT2D eigenvalue weighted by Gasteiger charge is -2.34. The first-order valence-electron chi connectivity index (χ1n) is 11.3. The molecule has 1 fully saturated rings. The first kappa shape index (κ1) is 22.5. The number of hydrogen-bond donors (Lipinski definition) is 0. The molecule has 0 N–H and O–H groups in total. The van der Waals surface area contributed by atoms with Crippen molar-refractivity contribution in [1.29, 1.82) is 0 Å². The average molecular weight is 475 g/mol. The highest BCUT2D eigenvalue weighted by atomic mass is 32.1. The maximum Gasteiger partial charge on any atom is 0.248 e. The Morgan fingerprint density at radius 2 is 1.62 bits per heavy atom. The molecule has 2 aromatic heterocycles. The van der Waals surface area contributed by atoms with Gasteiger partial charge in [0.15, 0.2) is 0 Å². The quantitative estimate of drug-likeness (QED) is 0.380. The van der Waals surface area contributed by atoms with Gasteiger partial charge >= 0.3 is 0 Å². The van der Waals surface area contributed by atoms with Gasteiger partial charge in [0.25, 0.3) is 0 Å². The molecule has 1 saturated heterocycles. The van der Waals surface area contributed by atoms with Crippen LogP contribution in [0.4, 0.5) is 0 Å². The predicted octanol–water partition coefficient (Wildman–Crippen LogP) is 4.25. The standard InChI is InChI=1S/C26H26N4O3S/c31-24(19-32-25(20-8-3-1-4-9-20)21-10-5-2-6-11-21)30-15-13-29(14-16-30)18-23-27-26(28-33-23)22-12-7-17-34-22/h1-12,17,25H,13-16,18-19H2. The second-order valence-electron chi connectivity index (χ2n) is 8.16. The summed E-state index contributed by atoms with van der Waals surface area (Å²) in [4.78, 5) is 22.5. The van der Waals surface area contributed by atoms with E-state index >= 15 is 0 Å². The minimum absolute atomic E-state index is 0.00860. The Morgan fingerprint density at radius 1 is 0.941 bits per heavy atom. The van der Waals surface area contributed by atoms with Crippen molar-refractivity contribution in [3.8, 4) is 10.7 Å². The van der Waals surface area contributed by atoms with Crippen molar-refractivity contribution in [2.45, 2.75) is 12.6 Å². The molecule has 0 spiro atoms. The molecule has 3 heterocycles. The van der Waals surface area contributed by atoms with Crippen molar-refractivity contribution in [1.82, 2.24) is 19.9 Å². The van der Waals surface area contributed by atoms with E-state index in [1.54, 1.807) is 11.3 Å². The van der Waals surface area contributed by atoms with Gasteiger partial charge in [-0.3, -0.25) is 9.69 Å². The molecule has 0 radical (unpaired) electrons. The van der Waals surface area contributed by atoms with Gasteiger partial charge in [0.2, 0.25) is 17.6 Å². The lowest BCUT2D eigenvalue weighted by Crippen LogP contribution is -2.49. The van der Waals surface area contributed by atoms with Gasteiger partial charge in [-0.2, -0.15) is 4.98 Å². The largest absolute Gasteiger partial charge is 0.359 e. The number of carbonyl (C=O) groups is 1. The van der Waals surface area contributed by atoms with Crippen LogP contribution in [0.5, 0.6) is 0 Å². The van der Waals surface area contributed by atoms with Gasteiger partial charge < -0.3 is 14.2 Å². The highest BCUT2D eigenvalue weighted by Crippen LogP contribution is 2.26. The van der Waals surface area contributed by atoms with Crippen LogP contribution in [0.15, 0.2) is 82.7 Å². The molecule has 0 aliphatic carbocycles. The fourth-order valence-corrected chi connectivity index (χ4v) is 4.71. The maximum atomic E-state index is 12.9. The summed E-state index contributed by atoms with van der Waals surface area (Å²) in [7, 11) is 0. The zero-order valence-corrected chi connectivity index (χ0v) is 19.6. The van der Waals surface area contributed by atoms with Gasteiger partial charge in [-0.05, 0) is 22.6 Å². The topological polar surface area (TPSA) is 71.7 Å². The van der Waals surface area contributed by atoms with Crippen LogP contribution < -0.4 is 0 Å². The predicted molar refractivity (Wildman–Crippen MR) is 130 cm³/mol. The number of carbonyl (C=O) groups excluding carboxylic acids is 1. The fraction of sp³-hybridized carbons (Fsp3) is 0.269. The summed E-state index contributed by atoms with van der Waals surface area (Å²) in [5, 5.41) is 6.07. The number of piperazine rings is 1. The lowest BCUT2D eigenvalue weighted by molar-refractivity contribution is -0.139. The first-order valence-corrected chi connectivity index (χ1v) is 12.2. The Morgan fingerprint density at radius 3 is 2.24 bits per heavy atom. The van der Waals surface area contributed by atoms with Gasteiger partial charge in [-0.1, -0.05) is 71.9 Å². The van der Waals surface area contributed by atoms with E-state index < -0.39 is 0 Å². The Hall–Kier alpha value is -3.33. The maximum absolute atomic E-state index is 12.9. The van der Waals surface area contributed by atoms with E-state index in [-0.39, 0.29) is 18.6 Å². The van der Waals surface area contributed by atoms with Gasteiger partial charge in [0.05, 0.1) is 11.4 Å². The Balaban J connectivity index is 1.13. The third-order valence-corrected chi connectivity index (χ3v) is 6.74. The van der Waals surface area contributed by atoms with Crippen LogP contribution in [0.2, 0.25) is 0 Å². The number of nitrogens with zero attached hydrogens (tertiary/aromatic N) is 4. The molecule has 2 aromatic carbocycles. The summed E-state index contributed by atoms with van der Waals surface area (Å²) in [6, 6.07) is 24.0. The van der Waals surface area contributed by atoms with E-state index in [4.69, 9.17) is 9.26 Å². The second kappa shape index (κ2) is 10.7. The van der Waals surface area contributed by atoms with E-state index in [0.29, 0.717) is 31.3 Å². The third-order valence-electron chi connectivity index (χ3n) is 5.87. The molecule has 0 bridgehead atoms. The molecule has 1 aliphatic rings. The SMILES string of the molecule is O=C(COC(c1ccccc1)c1ccccc1)N1CCN(Cc2nc(-c3cccs3)no2)CC1. The zero-order chi connectivity index (χ0) is 23.2. The Labute approximate surface area is 202 Å². The van der Waals surface area contributed by atoms with Gasteiger partial charge in [-0.15, -0.1) is 11.3 Å². The van der Waals surface area contributed by atoms with Crippen molar-refractivity contribution in [2.24, 2.45) is 0 Å². The van der Waals surface area contributed by atoms with E-state index in [1.165, 1.54) is 0 Å². The number of thiophene rings is 1. The van der Waals surface area contributed by atoms with Gasteiger partial charge in [0, 0.05) is 26.2 Å². The van der Waals surface area contributed by atoms with Crippen LogP contribution in [-0.2, 0) is 16.1 Å².